The fraction of sp³-hybridized carbons (Fsp3) is 0.391. The number of hydrogen-bond donors (Lipinski definition) is 0. The van der Waals surface area contributed by atoms with Crippen LogP contribution in [0.2, 0.25) is 0 Å². The summed E-state index contributed by atoms with van der Waals surface area (Å²) in [4.78, 5) is 29.2. The van der Waals surface area contributed by atoms with Crippen LogP contribution < -0.4 is 9.64 Å². The summed E-state index contributed by atoms with van der Waals surface area (Å²) in [6, 6.07) is 15.6. The standard InChI is InChI=1S/C23H27N3O5S/c1-2-31-20-10-8-19(9-11-20)26-17-18(16-22(26)27)23(28)24-12-14-25(15-13-24)32(29,30)21-6-4-3-5-7-21/h3-11,18H,2,12-17H2,1H3. The molecule has 0 aromatic heterocycles. The van der Waals surface area contributed by atoms with E-state index in [0.29, 0.717) is 26.2 Å². The van der Waals surface area contributed by atoms with Crippen LogP contribution in [0, 0.1) is 5.92 Å². The van der Waals surface area contributed by atoms with Crippen molar-refractivity contribution in [1.82, 2.24) is 9.21 Å². The number of sulfonamides is 1. The lowest BCUT2D eigenvalue weighted by Gasteiger charge is -2.35. The second-order valence-electron chi connectivity index (χ2n) is 7.87. The van der Waals surface area contributed by atoms with Crippen molar-refractivity contribution in [2.45, 2.75) is 18.2 Å². The number of benzene rings is 2. The van der Waals surface area contributed by atoms with Gasteiger partial charge in [0, 0.05) is 44.8 Å². The van der Waals surface area contributed by atoms with E-state index in [9.17, 15) is 18.0 Å². The Morgan fingerprint density at radius 1 is 1.00 bits per heavy atom. The number of nitrogens with zero attached hydrogens (tertiary/aromatic N) is 3. The molecule has 0 saturated carbocycles. The zero-order valence-electron chi connectivity index (χ0n) is 18.0. The van der Waals surface area contributed by atoms with Crippen molar-refractivity contribution in [1.29, 1.82) is 0 Å². The highest BCUT2D eigenvalue weighted by molar-refractivity contribution is 7.89. The highest BCUT2D eigenvalue weighted by Crippen LogP contribution is 2.28. The van der Waals surface area contributed by atoms with E-state index in [0.717, 1.165) is 11.4 Å². The van der Waals surface area contributed by atoms with Gasteiger partial charge >= 0.3 is 0 Å². The van der Waals surface area contributed by atoms with E-state index >= 15 is 0 Å². The van der Waals surface area contributed by atoms with Gasteiger partial charge in [-0.05, 0) is 43.3 Å². The molecule has 170 valence electrons. The van der Waals surface area contributed by atoms with Gasteiger partial charge in [-0.3, -0.25) is 9.59 Å². The average molecular weight is 458 g/mol. The number of hydrogen-bond acceptors (Lipinski definition) is 5. The van der Waals surface area contributed by atoms with E-state index < -0.39 is 15.9 Å². The Morgan fingerprint density at radius 3 is 2.28 bits per heavy atom. The van der Waals surface area contributed by atoms with E-state index in [1.807, 2.05) is 31.2 Å². The first kappa shape index (κ1) is 22.3. The molecule has 2 saturated heterocycles. The molecule has 2 aliphatic heterocycles. The normalized spacial score (nSPS) is 19.9. The molecule has 2 aromatic rings. The molecule has 8 nitrogen and oxygen atoms in total. The molecule has 1 unspecified atom stereocenters. The molecule has 9 heteroatoms. The van der Waals surface area contributed by atoms with Crippen molar-refractivity contribution >= 4 is 27.5 Å². The Balaban J connectivity index is 1.36. The smallest absolute Gasteiger partial charge is 0.243 e. The predicted octanol–water partition coefficient (Wildman–Crippen LogP) is 1.97. The van der Waals surface area contributed by atoms with Gasteiger partial charge in [-0.1, -0.05) is 18.2 Å². The highest BCUT2D eigenvalue weighted by Gasteiger charge is 2.39. The number of rotatable bonds is 6. The Bertz CT molecular complexity index is 1060. The van der Waals surface area contributed by atoms with Crippen molar-refractivity contribution in [3.8, 4) is 5.75 Å². The molecule has 0 radical (unpaired) electrons. The molecule has 4 rings (SSSR count). The third kappa shape index (κ3) is 4.49. The van der Waals surface area contributed by atoms with Crippen LogP contribution in [0.5, 0.6) is 5.75 Å². The van der Waals surface area contributed by atoms with Gasteiger partial charge in [0.1, 0.15) is 5.75 Å². The SMILES string of the molecule is CCOc1ccc(N2CC(C(=O)N3CCN(S(=O)(=O)c4ccccc4)CC3)CC2=O)cc1. The Morgan fingerprint density at radius 2 is 1.66 bits per heavy atom. The number of carbonyl (C=O) groups excluding carboxylic acids is 2. The Kier molecular flexibility index (Phi) is 6.48. The number of carbonyl (C=O) groups is 2. The number of ether oxygens (including phenoxy) is 1. The van der Waals surface area contributed by atoms with Gasteiger partial charge in [0.15, 0.2) is 0 Å². The molecular weight excluding hydrogens is 430 g/mol. The zero-order valence-corrected chi connectivity index (χ0v) is 18.8. The Hall–Kier alpha value is -2.91. The largest absolute Gasteiger partial charge is 0.494 e. The van der Waals surface area contributed by atoms with Crippen LogP contribution >= 0.6 is 0 Å². The topological polar surface area (TPSA) is 87.2 Å². The monoisotopic (exact) mass is 457 g/mol. The van der Waals surface area contributed by atoms with Crippen molar-refractivity contribution < 1.29 is 22.7 Å². The average Bonchev–Trinajstić information content (AvgIpc) is 3.21. The van der Waals surface area contributed by atoms with E-state index in [4.69, 9.17) is 4.74 Å². The molecule has 2 heterocycles. The summed E-state index contributed by atoms with van der Waals surface area (Å²) in [5.74, 6) is 0.131. The van der Waals surface area contributed by atoms with Crippen molar-refractivity contribution in [2.75, 3.05) is 44.2 Å². The summed E-state index contributed by atoms with van der Waals surface area (Å²) >= 11 is 0. The summed E-state index contributed by atoms with van der Waals surface area (Å²) in [6.45, 7) is 3.92. The number of anilines is 1. The van der Waals surface area contributed by atoms with E-state index in [1.54, 1.807) is 40.1 Å². The summed E-state index contributed by atoms with van der Waals surface area (Å²) in [5, 5.41) is 0. The minimum Gasteiger partial charge on any atom is -0.494 e. The summed E-state index contributed by atoms with van der Waals surface area (Å²) in [6.07, 6.45) is 0.161. The summed E-state index contributed by atoms with van der Waals surface area (Å²) in [7, 11) is -3.57. The van der Waals surface area contributed by atoms with E-state index in [-0.39, 0.29) is 36.2 Å². The van der Waals surface area contributed by atoms with Gasteiger partial charge in [0.05, 0.1) is 17.4 Å². The van der Waals surface area contributed by atoms with Gasteiger partial charge in [-0.2, -0.15) is 4.31 Å². The van der Waals surface area contributed by atoms with Crippen molar-refractivity contribution in [2.24, 2.45) is 5.92 Å². The Labute approximate surface area is 188 Å². The van der Waals surface area contributed by atoms with Crippen LogP contribution in [-0.2, 0) is 19.6 Å². The van der Waals surface area contributed by atoms with Gasteiger partial charge in [-0.15, -0.1) is 0 Å². The maximum Gasteiger partial charge on any atom is 0.243 e. The van der Waals surface area contributed by atoms with Crippen LogP contribution in [0.1, 0.15) is 13.3 Å². The third-order valence-electron chi connectivity index (χ3n) is 5.86. The molecule has 2 amide bonds. The minimum atomic E-state index is -3.57. The van der Waals surface area contributed by atoms with Gasteiger partial charge in [-0.25, -0.2) is 8.42 Å². The van der Waals surface area contributed by atoms with Crippen LogP contribution in [0.15, 0.2) is 59.5 Å². The van der Waals surface area contributed by atoms with Crippen LogP contribution in [0.25, 0.3) is 0 Å². The molecule has 0 bridgehead atoms. The maximum absolute atomic E-state index is 13.0. The lowest BCUT2D eigenvalue weighted by Crippen LogP contribution is -2.52. The predicted molar refractivity (Wildman–Crippen MR) is 120 cm³/mol. The van der Waals surface area contributed by atoms with Crippen LogP contribution in [0.4, 0.5) is 5.69 Å². The van der Waals surface area contributed by atoms with E-state index in [1.165, 1.54) is 4.31 Å². The molecule has 2 aromatic carbocycles. The fourth-order valence-electron chi connectivity index (χ4n) is 4.16. The molecule has 32 heavy (non-hydrogen) atoms. The zero-order chi connectivity index (χ0) is 22.7. The first-order valence-electron chi connectivity index (χ1n) is 10.8. The maximum atomic E-state index is 13.0. The van der Waals surface area contributed by atoms with Crippen LogP contribution in [-0.4, -0.2) is 68.8 Å². The number of amides is 2. The minimum absolute atomic E-state index is 0.0854. The second-order valence-corrected chi connectivity index (χ2v) is 9.81. The van der Waals surface area contributed by atoms with Crippen molar-refractivity contribution in [3.63, 3.8) is 0 Å². The quantitative estimate of drug-likeness (QED) is 0.662. The van der Waals surface area contributed by atoms with Gasteiger partial charge in [0.2, 0.25) is 21.8 Å². The lowest BCUT2D eigenvalue weighted by atomic mass is 10.1. The third-order valence-corrected chi connectivity index (χ3v) is 7.78. The molecule has 0 aliphatic carbocycles. The summed E-state index contributed by atoms with van der Waals surface area (Å²) < 4.78 is 32.4. The molecular formula is C23H27N3O5S. The molecule has 1 atom stereocenters. The molecule has 0 spiro atoms. The van der Waals surface area contributed by atoms with Gasteiger partial charge < -0.3 is 14.5 Å². The van der Waals surface area contributed by atoms with Crippen molar-refractivity contribution in [3.05, 3.63) is 54.6 Å². The van der Waals surface area contributed by atoms with Crippen LogP contribution in [0.3, 0.4) is 0 Å². The lowest BCUT2D eigenvalue weighted by molar-refractivity contribution is -0.136. The number of piperazine rings is 1. The van der Waals surface area contributed by atoms with Gasteiger partial charge in [0.25, 0.3) is 0 Å². The second kappa shape index (κ2) is 9.30. The molecule has 2 fully saturated rings. The highest BCUT2D eigenvalue weighted by atomic mass is 32.2. The first-order chi connectivity index (χ1) is 15.4. The summed E-state index contributed by atoms with van der Waals surface area (Å²) in [5.41, 5.74) is 0.743. The molecule has 0 N–H and O–H groups in total. The fourth-order valence-corrected chi connectivity index (χ4v) is 5.60. The van der Waals surface area contributed by atoms with E-state index in [2.05, 4.69) is 0 Å². The molecule has 2 aliphatic rings. The first-order valence-corrected chi connectivity index (χ1v) is 12.2.